The molecule has 136 valence electrons. The van der Waals surface area contributed by atoms with Crippen LogP contribution in [0.5, 0.6) is 11.5 Å². The normalized spacial score (nSPS) is 16.5. The van der Waals surface area contributed by atoms with Gasteiger partial charge in [-0.1, -0.05) is 6.07 Å². The molecule has 1 saturated heterocycles. The molecule has 1 N–H and O–H groups in total. The van der Waals surface area contributed by atoms with Crippen molar-refractivity contribution in [3.63, 3.8) is 0 Å². The van der Waals surface area contributed by atoms with Gasteiger partial charge in [0, 0.05) is 29.6 Å². The lowest BCUT2D eigenvalue weighted by Crippen LogP contribution is -2.46. The third-order valence-electron chi connectivity index (χ3n) is 4.72. The van der Waals surface area contributed by atoms with Crippen molar-refractivity contribution in [1.82, 2.24) is 10.2 Å². The Hall–Kier alpha value is -2.54. The van der Waals surface area contributed by atoms with Gasteiger partial charge in [0.15, 0.2) is 11.5 Å². The van der Waals surface area contributed by atoms with Crippen molar-refractivity contribution in [2.24, 2.45) is 0 Å². The summed E-state index contributed by atoms with van der Waals surface area (Å²) in [6.45, 7) is 1.55. The fraction of sp³-hybridized carbons (Fsp3) is 0.368. The van der Waals surface area contributed by atoms with Gasteiger partial charge in [-0.15, -0.1) is 11.3 Å². The summed E-state index contributed by atoms with van der Waals surface area (Å²) in [7, 11) is 0. The molecule has 0 spiro atoms. The molecule has 0 atom stereocenters. The second-order valence-electron chi connectivity index (χ2n) is 6.45. The number of rotatable bonds is 4. The Kier molecular flexibility index (Phi) is 4.79. The van der Waals surface area contributed by atoms with E-state index in [1.54, 1.807) is 29.5 Å². The van der Waals surface area contributed by atoms with Gasteiger partial charge in [-0.2, -0.15) is 0 Å². The van der Waals surface area contributed by atoms with Crippen LogP contribution in [0.25, 0.3) is 0 Å². The van der Waals surface area contributed by atoms with Crippen LogP contribution in [0, 0.1) is 0 Å². The van der Waals surface area contributed by atoms with E-state index in [4.69, 9.17) is 9.47 Å². The van der Waals surface area contributed by atoms with Gasteiger partial charge in [0.2, 0.25) is 12.7 Å². The Bertz CT molecular complexity index is 798. The number of piperidine rings is 1. The van der Waals surface area contributed by atoms with Gasteiger partial charge in [-0.25, -0.2) is 0 Å². The molecule has 6 nitrogen and oxygen atoms in total. The number of nitrogens with zero attached hydrogens (tertiary/aromatic N) is 1. The Morgan fingerprint density at radius 2 is 1.96 bits per heavy atom. The van der Waals surface area contributed by atoms with Gasteiger partial charge in [0.1, 0.15) is 0 Å². The molecule has 0 unspecified atom stereocenters. The first-order chi connectivity index (χ1) is 12.7. The first-order valence-electron chi connectivity index (χ1n) is 8.70. The molecule has 4 rings (SSSR count). The number of likely N-dealkylation sites (tertiary alicyclic amines) is 1. The van der Waals surface area contributed by atoms with E-state index < -0.39 is 0 Å². The first kappa shape index (κ1) is 16.9. The van der Waals surface area contributed by atoms with Crippen LogP contribution in [-0.2, 0) is 11.2 Å². The molecule has 3 heterocycles. The number of carbonyl (C=O) groups is 2. The third-order valence-corrected chi connectivity index (χ3v) is 5.60. The maximum absolute atomic E-state index is 12.5. The molecule has 1 aromatic heterocycles. The van der Waals surface area contributed by atoms with Crippen molar-refractivity contribution in [3.8, 4) is 11.5 Å². The highest BCUT2D eigenvalue weighted by Crippen LogP contribution is 2.32. The third kappa shape index (κ3) is 3.67. The second kappa shape index (κ2) is 7.37. The summed E-state index contributed by atoms with van der Waals surface area (Å²) in [5.41, 5.74) is 0.561. The SMILES string of the molecule is O=C(NC1CCN(C(=O)Cc2cccs2)CC1)c1ccc2c(c1)OCO2. The Morgan fingerprint density at radius 3 is 2.73 bits per heavy atom. The zero-order valence-corrected chi connectivity index (χ0v) is 15.1. The fourth-order valence-electron chi connectivity index (χ4n) is 3.25. The number of ether oxygens (including phenoxy) is 2. The van der Waals surface area contributed by atoms with Crippen LogP contribution in [0.1, 0.15) is 28.1 Å². The van der Waals surface area contributed by atoms with Crippen LogP contribution in [0.3, 0.4) is 0 Å². The number of carbonyl (C=O) groups excluding carboxylic acids is 2. The zero-order chi connectivity index (χ0) is 17.9. The lowest BCUT2D eigenvalue weighted by atomic mass is 10.0. The van der Waals surface area contributed by atoms with Gasteiger partial charge < -0.3 is 19.7 Å². The highest BCUT2D eigenvalue weighted by Gasteiger charge is 2.25. The molecule has 7 heteroatoms. The lowest BCUT2D eigenvalue weighted by molar-refractivity contribution is -0.131. The van der Waals surface area contributed by atoms with E-state index in [2.05, 4.69) is 5.32 Å². The highest BCUT2D eigenvalue weighted by molar-refractivity contribution is 7.10. The van der Waals surface area contributed by atoms with Crippen LogP contribution < -0.4 is 14.8 Å². The van der Waals surface area contributed by atoms with Gasteiger partial charge in [0.25, 0.3) is 5.91 Å². The van der Waals surface area contributed by atoms with E-state index in [1.807, 2.05) is 22.4 Å². The Balaban J connectivity index is 1.28. The van der Waals surface area contributed by atoms with Crippen LogP contribution in [-0.4, -0.2) is 42.6 Å². The zero-order valence-electron chi connectivity index (χ0n) is 14.3. The summed E-state index contributed by atoms with van der Waals surface area (Å²) in [5.74, 6) is 1.31. The highest BCUT2D eigenvalue weighted by atomic mass is 32.1. The number of fused-ring (bicyclic) bond motifs is 1. The number of hydrogen-bond acceptors (Lipinski definition) is 5. The molecule has 2 amide bonds. The average molecular weight is 372 g/mol. The minimum absolute atomic E-state index is 0.0821. The lowest BCUT2D eigenvalue weighted by Gasteiger charge is -2.32. The molecular formula is C19H20N2O4S. The van der Waals surface area contributed by atoms with E-state index >= 15 is 0 Å². The van der Waals surface area contributed by atoms with E-state index in [1.165, 1.54) is 0 Å². The van der Waals surface area contributed by atoms with E-state index in [0.717, 1.165) is 17.7 Å². The molecule has 1 aromatic carbocycles. The van der Waals surface area contributed by atoms with Crippen molar-refractivity contribution < 1.29 is 19.1 Å². The monoisotopic (exact) mass is 372 g/mol. The molecule has 26 heavy (non-hydrogen) atoms. The predicted molar refractivity (Wildman–Crippen MR) is 97.7 cm³/mol. The molecule has 0 aliphatic carbocycles. The topological polar surface area (TPSA) is 67.9 Å². The standard InChI is InChI=1S/C19H20N2O4S/c22-18(11-15-2-1-9-26-15)21-7-5-14(6-8-21)20-19(23)13-3-4-16-17(10-13)25-12-24-16/h1-4,9-10,14H,5-8,11-12H2,(H,20,23). The second-order valence-corrected chi connectivity index (χ2v) is 7.48. The molecule has 2 aliphatic heterocycles. The van der Waals surface area contributed by atoms with Gasteiger partial charge >= 0.3 is 0 Å². The van der Waals surface area contributed by atoms with Crippen molar-refractivity contribution >= 4 is 23.2 Å². The Labute approximate surface area is 155 Å². The molecular weight excluding hydrogens is 352 g/mol. The smallest absolute Gasteiger partial charge is 0.251 e. The van der Waals surface area contributed by atoms with E-state index in [-0.39, 0.29) is 24.6 Å². The summed E-state index contributed by atoms with van der Waals surface area (Å²) in [5, 5.41) is 5.05. The summed E-state index contributed by atoms with van der Waals surface area (Å²) < 4.78 is 10.6. The van der Waals surface area contributed by atoms with Crippen molar-refractivity contribution in [3.05, 3.63) is 46.2 Å². The van der Waals surface area contributed by atoms with E-state index in [0.29, 0.717) is 36.6 Å². The van der Waals surface area contributed by atoms with Crippen LogP contribution in [0.2, 0.25) is 0 Å². The van der Waals surface area contributed by atoms with E-state index in [9.17, 15) is 9.59 Å². The summed E-state index contributed by atoms with van der Waals surface area (Å²) in [6.07, 6.45) is 2.00. The van der Waals surface area contributed by atoms with Gasteiger partial charge in [0.05, 0.1) is 6.42 Å². The quantitative estimate of drug-likeness (QED) is 0.895. The van der Waals surface area contributed by atoms with Crippen molar-refractivity contribution in [2.45, 2.75) is 25.3 Å². The fourth-order valence-corrected chi connectivity index (χ4v) is 3.95. The number of nitrogens with one attached hydrogen (secondary N) is 1. The molecule has 2 aromatic rings. The average Bonchev–Trinajstić information content (AvgIpc) is 3.33. The van der Waals surface area contributed by atoms with Crippen molar-refractivity contribution in [2.75, 3.05) is 19.9 Å². The number of benzene rings is 1. The first-order valence-corrected chi connectivity index (χ1v) is 9.58. The summed E-state index contributed by atoms with van der Waals surface area (Å²) >= 11 is 1.61. The largest absolute Gasteiger partial charge is 0.454 e. The Morgan fingerprint density at radius 1 is 1.15 bits per heavy atom. The maximum atomic E-state index is 12.5. The molecule has 2 aliphatic rings. The number of amides is 2. The maximum Gasteiger partial charge on any atom is 0.251 e. The minimum Gasteiger partial charge on any atom is -0.454 e. The molecule has 1 fully saturated rings. The summed E-state index contributed by atoms with van der Waals surface area (Å²) in [6, 6.07) is 9.23. The van der Waals surface area contributed by atoms with Crippen LogP contribution >= 0.6 is 11.3 Å². The molecule has 0 radical (unpaired) electrons. The van der Waals surface area contributed by atoms with Gasteiger partial charge in [-0.3, -0.25) is 9.59 Å². The summed E-state index contributed by atoms with van der Waals surface area (Å²) in [4.78, 5) is 27.8. The van der Waals surface area contributed by atoms with Crippen molar-refractivity contribution in [1.29, 1.82) is 0 Å². The minimum atomic E-state index is -0.119. The van der Waals surface area contributed by atoms with Crippen LogP contribution in [0.4, 0.5) is 0 Å². The number of hydrogen-bond donors (Lipinski definition) is 1. The van der Waals surface area contributed by atoms with Gasteiger partial charge in [-0.05, 0) is 42.5 Å². The number of thiophene rings is 1. The molecule has 0 bridgehead atoms. The van der Waals surface area contributed by atoms with Crippen LogP contribution in [0.15, 0.2) is 35.7 Å². The predicted octanol–water partition coefficient (Wildman–Crippen LogP) is 2.44. The molecule has 0 saturated carbocycles.